The third kappa shape index (κ3) is 22.1. The number of unbranched alkanes of at least 4 members (excludes halogenated alkanes) is 15. The summed E-state index contributed by atoms with van der Waals surface area (Å²) in [6.07, 6.45) is 24.0. The molecule has 0 unspecified atom stereocenters. The number of nitrogens with zero attached hydrogens (tertiary/aromatic N) is 2. The SMILES string of the molecule is CCCCCCCCCCCCCCCCCCNC(=O)CCCN(CCC#N)C(C)C. The van der Waals surface area contributed by atoms with E-state index in [1.807, 2.05) is 0 Å². The number of hydrogen-bond acceptors (Lipinski definition) is 3. The van der Waals surface area contributed by atoms with Crippen molar-refractivity contribution in [3.05, 3.63) is 0 Å². The van der Waals surface area contributed by atoms with E-state index in [9.17, 15) is 4.79 Å². The van der Waals surface area contributed by atoms with Gasteiger partial charge in [0.25, 0.3) is 0 Å². The van der Waals surface area contributed by atoms with Crippen LogP contribution in [0.3, 0.4) is 0 Å². The second-order valence-corrected chi connectivity index (χ2v) is 9.79. The van der Waals surface area contributed by atoms with E-state index >= 15 is 0 Å². The van der Waals surface area contributed by atoms with Crippen LogP contribution in [-0.2, 0) is 4.79 Å². The van der Waals surface area contributed by atoms with Gasteiger partial charge < -0.3 is 5.32 Å². The minimum atomic E-state index is 0.176. The van der Waals surface area contributed by atoms with E-state index in [2.05, 4.69) is 37.1 Å². The van der Waals surface area contributed by atoms with Crippen molar-refractivity contribution in [1.82, 2.24) is 10.2 Å². The Labute approximate surface area is 200 Å². The number of carbonyl (C=O) groups is 1. The Morgan fingerprint density at radius 3 is 1.66 bits per heavy atom. The van der Waals surface area contributed by atoms with Crippen LogP contribution in [0.15, 0.2) is 0 Å². The van der Waals surface area contributed by atoms with Gasteiger partial charge in [0.15, 0.2) is 0 Å². The van der Waals surface area contributed by atoms with E-state index < -0.39 is 0 Å². The topological polar surface area (TPSA) is 56.1 Å². The monoisotopic (exact) mass is 449 g/mol. The highest BCUT2D eigenvalue weighted by molar-refractivity contribution is 5.75. The Kier molecular flexibility index (Phi) is 23.7. The first-order chi connectivity index (χ1) is 15.6. The molecule has 0 aromatic heterocycles. The molecule has 0 radical (unpaired) electrons. The molecule has 0 saturated carbocycles. The highest BCUT2D eigenvalue weighted by atomic mass is 16.1. The normalized spacial score (nSPS) is 11.2. The van der Waals surface area contributed by atoms with Crippen LogP contribution in [0.25, 0.3) is 0 Å². The van der Waals surface area contributed by atoms with E-state index in [-0.39, 0.29) is 5.91 Å². The molecule has 0 aromatic carbocycles. The Morgan fingerprint density at radius 1 is 0.750 bits per heavy atom. The number of rotatable bonds is 24. The number of hydrogen-bond donors (Lipinski definition) is 1. The first-order valence-electron chi connectivity index (χ1n) is 14.0. The number of nitrogens with one attached hydrogen (secondary N) is 1. The van der Waals surface area contributed by atoms with Gasteiger partial charge in [0.1, 0.15) is 0 Å². The van der Waals surface area contributed by atoms with Crippen molar-refractivity contribution in [1.29, 1.82) is 5.26 Å². The Hall–Kier alpha value is -1.08. The molecule has 0 spiro atoms. The molecule has 0 aliphatic heterocycles. The summed E-state index contributed by atoms with van der Waals surface area (Å²) in [5, 5.41) is 11.8. The molecule has 0 aliphatic rings. The van der Waals surface area contributed by atoms with Gasteiger partial charge in [0, 0.05) is 32.0 Å². The third-order valence-corrected chi connectivity index (χ3v) is 6.44. The summed E-state index contributed by atoms with van der Waals surface area (Å²) in [6.45, 7) is 9.09. The van der Waals surface area contributed by atoms with Crippen LogP contribution in [0.4, 0.5) is 0 Å². The molecule has 188 valence electrons. The predicted molar refractivity (Wildman–Crippen MR) is 139 cm³/mol. The molecule has 0 atom stereocenters. The van der Waals surface area contributed by atoms with Crippen LogP contribution >= 0.6 is 0 Å². The zero-order valence-electron chi connectivity index (χ0n) is 21.9. The van der Waals surface area contributed by atoms with Gasteiger partial charge in [0.2, 0.25) is 5.91 Å². The highest BCUT2D eigenvalue weighted by Gasteiger charge is 2.09. The second-order valence-electron chi connectivity index (χ2n) is 9.79. The molecular formula is C28H55N3O. The van der Waals surface area contributed by atoms with Crippen LogP contribution in [-0.4, -0.2) is 36.5 Å². The van der Waals surface area contributed by atoms with Crippen molar-refractivity contribution in [2.45, 2.75) is 149 Å². The van der Waals surface area contributed by atoms with Gasteiger partial charge in [-0.25, -0.2) is 0 Å². The van der Waals surface area contributed by atoms with Crippen molar-refractivity contribution >= 4 is 5.91 Å². The molecule has 0 rings (SSSR count). The molecule has 0 aromatic rings. The maximum absolute atomic E-state index is 12.0. The molecule has 0 aliphatic carbocycles. The van der Waals surface area contributed by atoms with Crippen LogP contribution in [0.2, 0.25) is 0 Å². The maximum Gasteiger partial charge on any atom is 0.220 e. The summed E-state index contributed by atoms with van der Waals surface area (Å²) in [4.78, 5) is 14.3. The van der Waals surface area contributed by atoms with Crippen molar-refractivity contribution in [2.75, 3.05) is 19.6 Å². The molecule has 1 amide bonds. The summed E-state index contributed by atoms with van der Waals surface area (Å²) in [6, 6.07) is 2.63. The minimum absolute atomic E-state index is 0.176. The fraction of sp³-hybridized carbons (Fsp3) is 0.929. The summed E-state index contributed by atoms with van der Waals surface area (Å²) in [7, 11) is 0. The number of nitriles is 1. The van der Waals surface area contributed by atoms with E-state index in [4.69, 9.17) is 5.26 Å². The summed E-state index contributed by atoms with van der Waals surface area (Å²) in [5.41, 5.74) is 0. The molecule has 0 heterocycles. The quantitative estimate of drug-likeness (QED) is 0.153. The zero-order valence-corrected chi connectivity index (χ0v) is 21.9. The minimum Gasteiger partial charge on any atom is -0.356 e. The average molecular weight is 450 g/mol. The highest BCUT2D eigenvalue weighted by Crippen LogP contribution is 2.13. The fourth-order valence-corrected chi connectivity index (χ4v) is 4.25. The van der Waals surface area contributed by atoms with Gasteiger partial charge in [-0.3, -0.25) is 9.69 Å². The Bertz CT molecular complexity index is 444. The van der Waals surface area contributed by atoms with Crippen molar-refractivity contribution in [2.24, 2.45) is 0 Å². The Morgan fingerprint density at radius 2 is 1.22 bits per heavy atom. The van der Waals surface area contributed by atoms with Crippen LogP contribution in [0.5, 0.6) is 0 Å². The van der Waals surface area contributed by atoms with Crippen molar-refractivity contribution < 1.29 is 4.79 Å². The predicted octanol–water partition coefficient (Wildman–Crippen LogP) is 7.77. The zero-order chi connectivity index (χ0) is 23.7. The molecule has 4 nitrogen and oxygen atoms in total. The van der Waals surface area contributed by atoms with Gasteiger partial charge in [-0.15, -0.1) is 0 Å². The first-order valence-corrected chi connectivity index (χ1v) is 14.0. The summed E-state index contributed by atoms with van der Waals surface area (Å²) >= 11 is 0. The first kappa shape index (κ1) is 30.9. The maximum atomic E-state index is 12.0. The molecule has 4 heteroatoms. The lowest BCUT2D eigenvalue weighted by Gasteiger charge is -2.25. The van der Waals surface area contributed by atoms with E-state index in [0.29, 0.717) is 18.9 Å². The Balaban J connectivity index is 3.33. The van der Waals surface area contributed by atoms with Gasteiger partial charge >= 0.3 is 0 Å². The van der Waals surface area contributed by atoms with Crippen molar-refractivity contribution in [3.63, 3.8) is 0 Å². The van der Waals surface area contributed by atoms with Gasteiger partial charge in [-0.1, -0.05) is 103 Å². The van der Waals surface area contributed by atoms with E-state index in [1.54, 1.807) is 0 Å². The molecule has 0 bridgehead atoms. The smallest absolute Gasteiger partial charge is 0.220 e. The largest absolute Gasteiger partial charge is 0.356 e. The molecular weight excluding hydrogens is 394 g/mol. The van der Waals surface area contributed by atoms with Gasteiger partial charge in [0.05, 0.1) is 6.07 Å². The summed E-state index contributed by atoms with van der Waals surface area (Å²) < 4.78 is 0. The number of amides is 1. The molecule has 0 fully saturated rings. The molecule has 1 N–H and O–H groups in total. The van der Waals surface area contributed by atoms with Crippen LogP contribution in [0, 0.1) is 11.3 Å². The molecule has 0 saturated heterocycles. The lowest BCUT2D eigenvalue weighted by Crippen LogP contribution is -2.33. The third-order valence-electron chi connectivity index (χ3n) is 6.44. The van der Waals surface area contributed by atoms with E-state index in [0.717, 1.165) is 32.5 Å². The van der Waals surface area contributed by atoms with Crippen LogP contribution in [0.1, 0.15) is 143 Å². The summed E-state index contributed by atoms with van der Waals surface area (Å²) in [5.74, 6) is 0.176. The van der Waals surface area contributed by atoms with Gasteiger partial charge in [-0.05, 0) is 33.2 Å². The number of carbonyl (C=O) groups excluding carboxylic acids is 1. The van der Waals surface area contributed by atoms with Crippen molar-refractivity contribution in [3.8, 4) is 6.07 Å². The van der Waals surface area contributed by atoms with Crippen LogP contribution < -0.4 is 5.32 Å². The van der Waals surface area contributed by atoms with Gasteiger partial charge in [-0.2, -0.15) is 5.26 Å². The lowest BCUT2D eigenvalue weighted by molar-refractivity contribution is -0.121. The lowest BCUT2D eigenvalue weighted by atomic mass is 10.0. The standard InChI is InChI=1S/C28H55N3O/c1-4-5-6-7-8-9-10-11-12-13-14-15-16-17-18-19-24-30-28(32)22-20-25-31(27(2)3)26-21-23-29/h27H,4-22,24-26H2,1-3H3,(H,30,32). The molecule has 32 heavy (non-hydrogen) atoms. The second kappa shape index (κ2) is 24.6. The average Bonchev–Trinajstić information content (AvgIpc) is 2.78. The fourth-order valence-electron chi connectivity index (χ4n) is 4.25. The van der Waals surface area contributed by atoms with E-state index in [1.165, 1.54) is 96.3 Å².